The van der Waals surface area contributed by atoms with Crippen molar-refractivity contribution in [3.05, 3.63) is 81.5 Å². The zero-order valence-corrected chi connectivity index (χ0v) is 19.0. The van der Waals surface area contributed by atoms with E-state index in [9.17, 15) is 5.11 Å². The molecular formula is C24H22BrN5O. The highest BCUT2D eigenvalue weighted by Gasteiger charge is 2.51. The van der Waals surface area contributed by atoms with Crippen LogP contribution in [0.2, 0.25) is 0 Å². The number of nitrogens with zero attached hydrogens (tertiary/aromatic N) is 5. The van der Waals surface area contributed by atoms with Crippen LogP contribution < -0.4 is 0 Å². The number of benzene rings is 1. The molecule has 0 amide bonds. The van der Waals surface area contributed by atoms with Crippen LogP contribution in [-0.2, 0) is 11.8 Å². The molecule has 0 saturated heterocycles. The molecule has 0 spiro atoms. The summed E-state index contributed by atoms with van der Waals surface area (Å²) < 4.78 is 3.04. The van der Waals surface area contributed by atoms with Crippen molar-refractivity contribution in [1.29, 1.82) is 0 Å². The standard InChI is InChI=1S/C24H22BrN5O/c1-14-18-9-8-17-21(19-10-11-27-13-28-19)29-30(16-6-4-15(25)5-7-16)23(17)24(18,2)12-20(26-3)22(14)31/h4-7,10-11,13-14,18,31H,8-9,12H2,1-2H3/t14-,18-,24-/m1/s1. The lowest BCUT2D eigenvalue weighted by Gasteiger charge is -2.48. The van der Waals surface area contributed by atoms with Crippen LogP contribution >= 0.6 is 15.9 Å². The van der Waals surface area contributed by atoms with Gasteiger partial charge >= 0.3 is 0 Å². The van der Waals surface area contributed by atoms with E-state index in [1.807, 2.05) is 41.9 Å². The van der Waals surface area contributed by atoms with Gasteiger partial charge in [-0.3, -0.25) is 0 Å². The van der Waals surface area contributed by atoms with Gasteiger partial charge in [0.25, 0.3) is 0 Å². The Morgan fingerprint density at radius 1 is 1.26 bits per heavy atom. The Morgan fingerprint density at radius 3 is 2.71 bits per heavy atom. The summed E-state index contributed by atoms with van der Waals surface area (Å²) in [5.41, 5.74) is 5.10. The Bertz CT molecular complexity index is 1230. The quantitative estimate of drug-likeness (QED) is 0.486. The SMILES string of the molecule is [C-]#[N+]C1=C(O)[C@H](C)[C@H]2CCc3c(-c4ccncn4)nn(-c4ccc(Br)cc4)c3[C@]2(C)C1. The van der Waals surface area contributed by atoms with Crippen molar-refractivity contribution in [1.82, 2.24) is 19.7 Å². The molecule has 0 radical (unpaired) electrons. The molecule has 0 saturated carbocycles. The monoisotopic (exact) mass is 475 g/mol. The molecule has 1 N–H and O–H groups in total. The number of rotatable bonds is 2. The molecule has 6 nitrogen and oxygen atoms in total. The number of halogens is 1. The number of allylic oxidation sites excluding steroid dienone is 2. The Labute approximate surface area is 189 Å². The lowest BCUT2D eigenvalue weighted by atomic mass is 9.57. The van der Waals surface area contributed by atoms with Gasteiger partial charge in [0, 0.05) is 27.6 Å². The molecule has 0 fully saturated rings. The minimum atomic E-state index is -0.315. The third-order valence-electron chi connectivity index (χ3n) is 6.94. The lowest BCUT2D eigenvalue weighted by Crippen LogP contribution is -2.45. The van der Waals surface area contributed by atoms with E-state index >= 15 is 0 Å². The number of aromatic nitrogens is 4. The molecule has 5 rings (SSSR count). The second kappa shape index (κ2) is 7.31. The van der Waals surface area contributed by atoms with Crippen molar-refractivity contribution in [3.8, 4) is 17.1 Å². The van der Waals surface area contributed by atoms with E-state index in [-0.39, 0.29) is 23.0 Å². The highest BCUT2D eigenvalue weighted by molar-refractivity contribution is 9.10. The summed E-state index contributed by atoms with van der Waals surface area (Å²) in [6, 6.07) is 10.0. The number of hydrogen-bond acceptors (Lipinski definition) is 4. The molecule has 0 aliphatic heterocycles. The molecule has 3 atom stereocenters. The van der Waals surface area contributed by atoms with Gasteiger partial charge in [-0.25, -0.2) is 19.5 Å². The molecule has 2 aliphatic carbocycles. The predicted molar refractivity (Wildman–Crippen MR) is 121 cm³/mol. The summed E-state index contributed by atoms with van der Waals surface area (Å²) in [5, 5.41) is 15.7. The Balaban J connectivity index is 1.78. The van der Waals surface area contributed by atoms with Gasteiger partial charge in [0.05, 0.1) is 29.4 Å². The highest BCUT2D eigenvalue weighted by Crippen LogP contribution is 2.55. The Morgan fingerprint density at radius 2 is 2.03 bits per heavy atom. The first-order valence-corrected chi connectivity index (χ1v) is 11.2. The van der Waals surface area contributed by atoms with Crippen LogP contribution in [0.25, 0.3) is 21.9 Å². The van der Waals surface area contributed by atoms with E-state index in [0.717, 1.165) is 40.1 Å². The van der Waals surface area contributed by atoms with Gasteiger partial charge in [0.2, 0.25) is 5.70 Å². The van der Waals surface area contributed by atoms with Crippen molar-refractivity contribution in [3.63, 3.8) is 0 Å². The first-order valence-electron chi connectivity index (χ1n) is 10.4. The maximum Gasteiger partial charge on any atom is 0.203 e. The summed E-state index contributed by atoms with van der Waals surface area (Å²) in [7, 11) is 0. The van der Waals surface area contributed by atoms with Crippen molar-refractivity contribution < 1.29 is 5.11 Å². The average Bonchev–Trinajstić information content (AvgIpc) is 3.18. The number of aliphatic hydroxyl groups is 1. The zero-order valence-electron chi connectivity index (χ0n) is 17.4. The molecule has 2 aliphatic rings. The predicted octanol–water partition coefficient (Wildman–Crippen LogP) is 5.64. The molecule has 156 valence electrons. The van der Waals surface area contributed by atoms with Crippen molar-refractivity contribution in [2.75, 3.05) is 0 Å². The third kappa shape index (κ3) is 3.01. The first-order chi connectivity index (χ1) is 14.9. The van der Waals surface area contributed by atoms with Gasteiger partial charge in [-0.1, -0.05) is 29.8 Å². The number of hydrogen-bond donors (Lipinski definition) is 1. The normalized spacial score (nSPS) is 25.0. The van der Waals surface area contributed by atoms with Crippen LogP contribution in [0.5, 0.6) is 0 Å². The van der Waals surface area contributed by atoms with Gasteiger partial charge in [-0.2, -0.15) is 5.10 Å². The van der Waals surface area contributed by atoms with Crippen LogP contribution in [0, 0.1) is 18.4 Å². The second-order valence-corrected chi connectivity index (χ2v) is 9.55. The van der Waals surface area contributed by atoms with Crippen LogP contribution in [0.3, 0.4) is 0 Å². The van der Waals surface area contributed by atoms with E-state index < -0.39 is 0 Å². The molecule has 0 bridgehead atoms. The van der Waals surface area contributed by atoms with E-state index in [2.05, 4.69) is 37.7 Å². The molecule has 31 heavy (non-hydrogen) atoms. The maximum atomic E-state index is 10.7. The maximum absolute atomic E-state index is 10.7. The van der Waals surface area contributed by atoms with Crippen LogP contribution in [0.15, 0.2) is 58.8 Å². The summed E-state index contributed by atoms with van der Waals surface area (Å²) in [6.45, 7) is 11.9. The fourth-order valence-electron chi connectivity index (χ4n) is 5.48. The largest absolute Gasteiger partial charge is 0.523 e. The van der Waals surface area contributed by atoms with Crippen LogP contribution in [0.1, 0.15) is 37.9 Å². The van der Waals surface area contributed by atoms with E-state index in [1.165, 1.54) is 5.56 Å². The summed E-state index contributed by atoms with van der Waals surface area (Å²) in [6.07, 6.45) is 5.59. The molecule has 7 heteroatoms. The topological polar surface area (TPSA) is 68.2 Å². The summed E-state index contributed by atoms with van der Waals surface area (Å²) in [4.78, 5) is 12.2. The fraction of sp³-hybridized carbons (Fsp3) is 0.333. The second-order valence-electron chi connectivity index (χ2n) is 8.63. The fourth-order valence-corrected chi connectivity index (χ4v) is 5.74. The molecule has 2 heterocycles. The minimum Gasteiger partial charge on any atom is -0.523 e. The minimum absolute atomic E-state index is 0.0632. The van der Waals surface area contributed by atoms with Crippen molar-refractivity contribution >= 4 is 15.9 Å². The van der Waals surface area contributed by atoms with E-state index in [1.54, 1.807) is 12.5 Å². The van der Waals surface area contributed by atoms with Crippen LogP contribution in [0.4, 0.5) is 0 Å². The lowest BCUT2D eigenvalue weighted by molar-refractivity contribution is 0.133. The van der Waals surface area contributed by atoms with Gasteiger partial charge < -0.3 is 5.11 Å². The number of aliphatic hydroxyl groups excluding tert-OH is 1. The van der Waals surface area contributed by atoms with Crippen molar-refractivity contribution in [2.24, 2.45) is 11.8 Å². The van der Waals surface area contributed by atoms with Crippen LogP contribution in [-0.4, -0.2) is 24.9 Å². The first kappa shape index (κ1) is 20.0. The van der Waals surface area contributed by atoms with E-state index in [0.29, 0.717) is 12.1 Å². The van der Waals surface area contributed by atoms with Gasteiger partial charge in [-0.05, 0) is 55.5 Å². The molecule has 1 aromatic carbocycles. The Hall–Kier alpha value is -2.98. The number of fused-ring (bicyclic) bond motifs is 3. The summed E-state index contributed by atoms with van der Waals surface area (Å²) in [5.74, 6) is 0.424. The van der Waals surface area contributed by atoms with Gasteiger partial charge in [0.1, 0.15) is 12.0 Å². The van der Waals surface area contributed by atoms with Crippen molar-refractivity contribution in [2.45, 2.75) is 38.5 Å². The average molecular weight is 476 g/mol. The molecular weight excluding hydrogens is 454 g/mol. The molecule has 0 unspecified atom stereocenters. The third-order valence-corrected chi connectivity index (χ3v) is 7.47. The summed E-state index contributed by atoms with van der Waals surface area (Å²) >= 11 is 3.52. The van der Waals surface area contributed by atoms with E-state index in [4.69, 9.17) is 11.7 Å². The highest BCUT2D eigenvalue weighted by atomic mass is 79.9. The zero-order chi connectivity index (χ0) is 21.8. The molecule has 2 aromatic heterocycles. The van der Waals surface area contributed by atoms with Gasteiger partial charge in [0.15, 0.2) is 0 Å². The molecule has 3 aromatic rings. The van der Waals surface area contributed by atoms with Gasteiger partial charge in [-0.15, -0.1) is 0 Å². The smallest absolute Gasteiger partial charge is 0.203 e. The Kier molecular flexibility index (Phi) is 4.71.